The molecule has 0 amide bonds. The maximum Gasteiger partial charge on any atom is 0.220 e. The molecule has 0 heterocycles. The minimum absolute atomic E-state index is 0.144. The number of hydrogen-bond donors (Lipinski definition) is 0. The van der Waals surface area contributed by atoms with Gasteiger partial charge in [0.25, 0.3) is 0 Å². The smallest absolute Gasteiger partial charge is 0.220 e. The molecule has 1 rings (SSSR count). The minimum Gasteiger partial charge on any atom is -0.489 e. The van der Waals surface area contributed by atoms with Crippen LogP contribution in [0.25, 0.3) is 0 Å². The Bertz CT molecular complexity index is 465. The summed E-state index contributed by atoms with van der Waals surface area (Å²) in [5.74, 6) is -0.183. The Morgan fingerprint density at radius 1 is 1.10 bits per heavy atom. The Morgan fingerprint density at radius 2 is 1.80 bits per heavy atom. The molecule has 0 aromatic heterocycles. The standard InChI is InChI=1S/C16H24O3Si/c1-13-11-15(18)16(12-14(13)17)19-9-7-5-6-8-10-20(2,3)4/h6,8,11-12H,5,7,9-10H2,1-4H3/b8-6+. The summed E-state index contributed by atoms with van der Waals surface area (Å²) in [4.78, 5) is 23.0. The number of ketones is 2. The molecule has 0 atom stereocenters. The van der Waals surface area contributed by atoms with Gasteiger partial charge in [-0.2, -0.15) is 0 Å². The molecule has 0 radical (unpaired) electrons. The van der Waals surface area contributed by atoms with Crippen molar-refractivity contribution >= 4 is 19.6 Å². The third kappa shape index (κ3) is 6.15. The second kappa shape index (κ2) is 7.38. The lowest BCUT2D eigenvalue weighted by molar-refractivity contribution is -0.117. The van der Waals surface area contributed by atoms with E-state index in [1.165, 1.54) is 18.2 Å². The van der Waals surface area contributed by atoms with Gasteiger partial charge in [-0.3, -0.25) is 9.59 Å². The molecular weight excluding hydrogens is 268 g/mol. The van der Waals surface area contributed by atoms with Crippen molar-refractivity contribution in [2.45, 2.75) is 45.5 Å². The van der Waals surface area contributed by atoms with Gasteiger partial charge in [0.15, 0.2) is 11.5 Å². The van der Waals surface area contributed by atoms with Crippen LogP contribution < -0.4 is 0 Å². The van der Waals surface area contributed by atoms with Crippen LogP contribution in [0.1, 0.15) is 19.8 Å². The second-order valence-electron chi connectivity index (χ2n) is 6.29. The first-order valence-corrected chi connectivity index (χ1v) is 10.8. The Labute approximate surface area is 122 Å². The molecule has 0 unspecified atom stereocenters. The van der Waals surface area contributed by atoms with E-state index in [1.807, 2.05) is 0 Å². The maximum atomic E-state index is 11.6. The molecule has 0 spiro atoms. The lowest BCUT2D eigenvalue weighted by atomic mass is 10.0. The first-order chi connectivity index (χ1) is 9.29. The molecule has 1 aliphatic rings. The summed E-state index contributed by atoms with van der Waals surface area (Å²) in [5, 5.41) is 0. The third-order valence-corrected chi connectivity index (χ3v) is 4.37. The summed E-state index contributed by atoms with van der Waals surface area (Å²) in [6.45, 7) is 9.13. The average Bonchev–Trinajstić information content (AvgIpc) is 2.32. The van der Waals surface area contributed by atoms with Crippen LogP contribution in [0.4, 0.5) is 0 Å². The van der Waals surface area contributed by atoms with E-state index in [-0.39, 0.29) is 17.3 Å². The van der Waals surface area contributed by atoms with Crippen molar-refractivity contribution in [2.75, 3.05) is 6.61 Å². The van der Waals surface area contributed by atoms with Crippen molar-refractivity contribution in [3.8, 4) is 0 Å². The lowest BCUT2D eigenvalue weighted by Gasteiger charge is -2.12. The number of carbonyl (C=O) groups excluding carboxylic acids is 2. The summed E-state index contributed by atoms with van der Waals surface area (Å²) in [6, 6.07) is 1.19. The van der Waals surface area contributed by atoms with Crippen LogP contribution in [-0.4, -0.2) is 26.2 Å². The fourth-order valence-electron chi connectivity index (χ4n) is 1.69. The van der Waals surface area contributed by atoms with Gasteiger partial charge in [0.1, 0.15) is 0 Å². The summed E-state index contributed by atoms with van der Waals surface area (Å²) in [5.41, 5.74) is 0.469. The topological polar surface area (TPSA) is 43.4 Å². The highest BCUT2D eigenvalue weighted by Crippen LogP contribution is 2.13. The number of carbonyl (C=O) groups is 2. The summed E-state index contributed by atoms with van der Waals surface area (Å²) in [7, 11) is -0.992. The van der Waals surface area contributed by atoms with E-state index in [9.17, 15) is 9.59 Å². The van der Waals surface area contributed by atoms with E-state index in [0.29, 0.717) is 12.2 Å². The van der Waals surface area contributed by atoms with Crippen LogP contribution in [-0.2, 0) is 14.3 Å². The van der Waals surface area contributed by atoms with E-state index >= 15 is 0 Å². The first kappa shape index (κ1) is 16.6. The van der Waals surface area contributed by atoms with Gasteiger partial charge in [-0.05, 0) is 31.9 Å². The zero-order valence-corrected chi connectivity index (χ0v) is 13.9. The van der Waals surface area contributed by atoms with Crippen LogP contribution >= 0.6 is 0 Å². The molecule has 0 bridgehead atoms. The zero-order valence-electron chi connectivity index (χ0n) is 12.9. The number of allylic oxidation sites excluding steroid dienone is 5. The Morgan fingerprint density at radius 3 is 2.45 bits per heavy atom. The van der Waals surface area contributed by atoms with E-state index in [0.717, 1.165) is 12.8 Å². The molecule has 0 N–H and O–H groups in total. The monoisotopic (exact) mass is 292 g/mol. The van der Waals surface area contributed by atoms with Gasteiger partial charge < -0.3 is 4.74 Å². The molecule has 20 heavy (non-hydrogen) atoms. The first-order valence-electron chi connectivity index (χ1n) is 7.06. The third-order valence-electron chi connectivity index (χ3n) is 2.91. The maximum absolute atomic E-state index is 11.6. The molecule has 1 aliphatic carbocycles. The highest BCUT2D eigenvalue weighted by molar-refractivity contribution is 6.76. The van der Waals surface area contributed by atoms with Gasteiger partial charge in [-0.1, -0.05) is 31.8 Å². The number of unbranched alkanes of at least 4 members (excludes halogenated alkanes) is 1. The fourth-order valence-corrected chi connectivity index (χ4v) is 2.57. The quantitative estimate of drug-likeness (QED) is 0.311. The van der Waals surface area contributed by atoms with Crippen molar-refractivity contribution in [3.05, 3.63) is 35.6 Å². The van der Waals surface area contributed by atoms with Gasteiger partial charge in [0, 0.05) is 19.7 Å². The van der Waals surface area contributed by atoms with E-state index in [4.69, 9.17) is 4.74 Å². The van der Waals surface area contributed by atoms with Crippen molar-refractivity contribution in [3.63, 3.8) is 0 Å². The van der Waals surface area contributed by atoms with Gasteiger partial charge in [-0.25, -0.2) is 0 Å². The summed E-state index contributed by atoms with van der Waals surface area (Å²) < 4.78 is 5.38. The Balaban J connectivity index is 2.24. The summed E-state index contributed by atoms with van der Waals surface area (Å²) in [6.07, 6.45) is 8.84. The van der Waals surface area contributed by atoms with E-state index in [1.54, 1.807) is 6.92 Å². The molecule has 0 aliphatic heterocycles. The molecule has 0 fully saturated rings. The molecule has 3 nitrogen and oxygen atoms in total. The lowest BCUT2D eigenvalue weighted by Crippen LogP contribution is -2.17. The summed E-state index contributed by atoms with van der Waals surface area (Å²) >= 11 is 0. The van der Waals surface area contributed by atoms with Crippen LogP contribution in [0.15, 0.2) is 35.6 Å². The molecule has 0 saturated heterocycles. The predicted octanol–water partition coefficient (Wildman–Crippen LogP) is 3.66. The van der Waals surface area contributed by atoms with Crippen LogP contribution in [0, 0.1) is 0 Å². The fraction of sp³-hybridized carbons (Fsp3) is 0.500. The molecule has 0 saturated carbocycles. The van der Waals surface area contributed by atoms with Gasteiger partial charge >= 0.3 is 0 Å². The van der Waals surface area contributed by atoms with Crippen molar-refractivity contribution < 1.29 is 14.3 Å². The van der Waals surface area contributed by atoms with E-state index < -0.39 is 8.07 Å². The number of ether oxygens (including phenoxy) is 1. The normalized spacial score (nSPS) is 16.4. The Hall–Kier alpha value is -1.42. The molecule has 0 aromatic rings. The van der Waals surface area contributed by atoms with Crippen LogP contribution in [0.3, 0.4) is 0 Å². The number of hydrogen-bond acceptors (Lipinski definition) is 3. The van der Waals surface area contributed by atoms with Crippen molar-refractivity contribution in [1.29, 1.82) is 0 Å². The molecule has 4 heteroatoms. The highest BCUT2D eigenvalue weighted by Gasteiger charge is 2.18. The molecule has 110 valence electrons. The van der Waals surface area contributed by atoms with Crippen LogP contribution in [0.5, 0.6) is 0 Å². The van der Waals surface area contributed by atoms with E-state index in [2.05, 4.69) is 31.8 Å². The molecular formula is C16H24O3Si. The van der Waals surface area contributed by atoms with Crippen LogP contribution in [0.2, 0.25) is 25.7 Å². The zero-order chi connectivity index (χ0) is 15.2. The van der Waals surface area contributed by atoms with Gasteiger partial charge in [0.2, 0.25) is 5.78 Å². The second-order valence-corrected chi connectivity index (χ2v) is 11.8. The highest BCUT2D eigenvalue weighted by atomic mass is 28.3. The van der Waals surface area contributed by atoms with Gasteiger partial charge in [-0.15, -0.1) is 0 Å². The van der Waals surface area contributed by atoms with Gasteiger partial charge in [0.05, 0.1) is 6.61 Å². The average molecular weight is 292 g/mol. The largest absolute Gasteiger partial charge is 0.489 e. The molecule has 0 aromatic carbocycles. The van der Waals surface area contributed by atoms with Crippen molar-refractivity contribution in [2.24, 2.45) is 0 Å². The Kier molecular flexibility index (Phi) is 6.14. The minimum atomic E-state index is -0.992. The van der Waals surface area contributed by atoms with Crippen molar-refractivity contribution in [1.82, 2.24) is 0 Å². The SMILES string of the molecule is CC1=CC(=O)C(OCCC/C=C/C[Si](C)(C)C)=CC1=O. The predicted molar refractivity (Wildman–Crippen MR) is 84.3 cm³/mol. The number of rotatable bonds is 7.